The van der Waals surface area contributed by atoms with Crippen LogP contribution in [0.25, 0.3) is 0 Å². The summed E-state index contributed by atoms with van der Waals surface area (Å²) in [4.78, 5) is 24.2. The highest BCUT2D eigenvalue weighted by Gasteiger charge is 2.11. The van der Waals surface area contributed by atoms with Crippen molar-refractivity contribution in [2.75, 3.05) is 27.8 Å². The minimum Gasteiger partial charge on any atom is -0.497 e. The summed E-state index contributed by atoms with van der Waals surface area (Å²) in [5, 5.41) is 0. The summed E-state index contributed by atoms with van der Waals surface area (Å²) in [6, 6.07) is 6.57. The summed E-state index contributed by atoms with van der Waals surface area (Å²) in [7, 11) is 4.71. The average molecular weight is 237 g/mol. The number of esters is 1. The molecule has 5 heteroatoms. The van der Waals surface area contributed by atoms with E-state index in [9.17, 15) is 9.59 Å². The highest BCUT2D eigenvalue weighted by atomic mass is 16.5. The van der Waals surface area contributed by atoms with E-state index in [1.54, 1.807) is 38.4 Å². The second kappa shape index (κ2) is 5.89. The van der Waals surface area contributed by atoms with E-state index < -0.39 is 5.97 Å². The Morgan fingerprint density at radius 1 is 1.29 bits per heavy atom. The maximum atomic E-state index is 11.6. The van der Waals surface area contributed by atoms with E-state index >= 15 is 0 Å². The number of hydrogen-bond donors (Lipinski definition) is 0. The van der Waals surface area contributed by atoms with Crippen LogP contribution in [0.1, 0.15) is 10.4 Å². The smallest absolute Gasteiger partial charge is 0.338 e. The summed E-state index contributed by atoms with van der Waals surface area (Å²) < 4.78 is 9.85. The van der Waals surface area contributed by atoms with Gasteiger partial charge in [-0.2, -0.15) is 0 Å². The van der Waals surface area contributed by atoms with E-state index in [1.807, 2.05) is 0 Å². The van der Waals surface area contributed by atoms with Crippen molar-refractivity contribution >= 4 is 11.9 Å². The van der Waals surface area contributed by atoms with Crippen LogP contribution in [0.4, 0.5) is 0 Å². The molecule has 0 aromatic heterocycles. The molecule has 0 unspecified atom stereocenters. The van der Waals surface area contributed by atoms with Crippen LogP contribution in [-0.2, 0) is 9.53 Å². The number of hydrogen-bond acceptors (Lipinski definition) is 4. The van der Waals surface area contributed by atoms with E-state index in [4.69, 9.17) is 9.47 Å². The topological polar surface area (TPSA) is 55.8 Å². The lowest BCUT2D eigenvalue weighted by atomic mass is 10.2. The third-order valence-electron chi connectivity index (χ3n) is 2.13. The lowest BCUT2D eigenvalue weighted by Gasteiger charge is -2.10. The van der Waals surface area contributed by atoms with Gasteiger partial charge in [0.15, 0.2) is 6.61 Å². The number of carbonyl (C=O) groups excluding carboxylic acids is 2. The van der Waals surface area contributed by atoms with Crippen LogP contribution in [0.15, 0.2) is 24.3 Å². The predicted molar refractivity (Wildman–Crippen MR) is 62.0 cm³/mol. The molecule has 0 radical (unpaired) electrons. The Kier molecular flexibility index (Phi) is 4.51. The zero-order chi connectivity index (χ0) is 12.8. The maximum Gasteiger partial charge on any atom is 0.338 e. The quantitative estimate of drug-likeness (QED) is 0.731. The van der Waals surface area contributed by atoms with Gasteiger partial charge in [-0.15, -0.1) is 0 Å². The Balaban J connectivity index is 2.61. The van der Waals surface area contributed by atoms with Crippen LogP contribution in [0.3, 0.4) is 0 Å². The minimum atomic E-state index is -0.542. The Morgan fingerprint density at radius 2 is 2.00 bits per heavy atom. The first-order valence-electron chi connectivity index (χ1n) is 5.06. The van der Waals surface area contributed by atoms with Gasteiger partial charge in [-0.05, 0) is 18.2 Å². The van der Waals surface area contributed by atoms with E-state index in [0.29, 0.717) is 11.3 Å². The van der Waals surface area contributed by atoms with Gasteiger partial charge in [-0.1, -0.05) is 6.07 Å². The van der Waals surface area contributed by atoms with E-state index in [2.05, 4.69) is 0 Å². The fourth-order valence-electron chi connectivity index (χ4n) is 1.09. The van der Waals surface area contributed by atoms with Gasteiger partial charge in [-0.25, -0.2) is 4.79 Å². The highest BCUT2D eigenvalue weighted by molar-refractivity contribution is 5.91. The molecule has 0 aliphatic rings. The van der Waals surface area contributed by atoms with Gasteiger partial charge in [0.05, 0.1) is 12.7 Å². The number of methoxy groups -OCH3 is 1. The van der Waals surface area contributed by atoms with Gasteiger partial charge in [0.1, 0.15) is 5.75 Å². The molecule has 1 aromatic carbocycles. The summed E-state index contributed by atoms with van der Waals surface area (Å²) in [6.45, 7) is -0.261. The van der Waals surface area contributed by atoms with Crippen molar-refractivity contribution in [1.82, 2.24) is 4.90 Å². The van der Waals surface area contributed by atoms with Gasteiger partial charge in [-0.3, -0.25) is 4.79 Å². The van der Waals surface area contributed by atoms with Crippen molar-refractivity contribution in [1.29, 1.82) is 0 Å². The molecule has 0 saturated carbocycles. The zero-order valence-corrected chi connectivity index (χ0v) is 10.1. The molecule has 0 saturated heterocycles. The molecule has 0 fully saturated rings. The first kappa shape index (κ1) is 13.0. The standard InChI is InChI=1S/C12H15NO4/c1-13(2)11(14)8-17-12(15)9-5-4-6-10(7-9)16-3/h4-7H,8H2,1-3H3. The molecule has 0 aliphatic carbocycles. The van der Waals surface area contributed by atoms with Crippen LogP contribution in [-0.4, -0.2) is 44.6 Å². The Hall–Kier alpha value is -2.04. The largest absolute Gasteiger partial charge is 0.497 e. The monoisotopic (exact) mass is 237 g/mol. The van der Waals surface area contributed by atoms with Gasteiger partial charge in [0.2, 0.25) is 0 Å². The Morgan fingerprint density at radius 3 is 2.59 bits per heavy atom. The highest BCUT2D eigenvalue weighted by Crippen LogP contribution is 2.13. The van der Waals surface area contributed by atoms with E-state index in [0.717, 1.165) is 0 Å². The molecule has 0 bridgehead atoms. The summed E-state index contributed by atoms with van der Waals surface area (Å²) in [6.07, 6.45) is 0. The minimum absolute atomic E-state index is 0.261. The fraction of sp³-hybridized carbons (Fsp3) is 0.333. The van der Waals surface area contributed by atoms with Gasteiger partial charge in [0, 0.05) is 14.1 Å². The molecule has 1 rings (SSSR count). The SMILES string of the molecule is COc1cccc(C(=O)OCC(=O)N(C)C)c1. The normalized spacial score (nSPS) is 9.59. The number of carbonyl (C=O) groups is 2. The summed E-state index contributed by atoms with van der Waals surface area (Å²) in [5.74, 6) is -0.237. The Labute approximate surface area is 99.9 Å². The van der Waals surface area contributed by atoms with Crippen molar-refractivity contribution in [3.05, 3.63) is 29.8 Å². The summed E-state index contributed by atoms with van der Waals surface area (Å²) >= 11 is 0. The van der Waals surface area contributed by atoms with Crippen LogP contribution in [0.5, 0.6) is 5.75 Å². The molecule has 1 aromatic rings. The average Bonchev–Trinajstić information content (AvgIpc) is 2.35. The van der Waals surface area contributed by atoms with Crippen molar-refractivity contribution in [3.8, 4) is 5.75 Å². The predicted octanol–water partition coefficient (Wildman–Crippen LogP) is 0.940. The first-order chi connectivity index (χ1) is 8.04. The maximum absolute atomic E-state index is 11.6. The molecule has 92 valence electrons. The molecule has 17 heavy (non-hydrogen) atoms. The lowest BCUT2D eigenvalue weighted by molar-refractivity contribution is -0.131. The number of nitrogens with zero attached hydrogens (tertiary/aromatic N) is 1. The number of amides is 1. The van der Waals surface area contributed by atoms with Crippen LogP contribution >= 0.6 is 0 Å². The zero-order valence-electron chi connectivity index (χ0n) is 10.1. The third-order valence-corrected chi connectivity index (χ3v) is 2.13. The van der Waals surface area contributed by atoms with Gasteiger partial charge in [0.25, 0.3) is 5.91 Å². The molecule has 0 heterocycles. The number of ether oxygens (including phenoxy) is 2. The lowest BCUT2D eigenvalue weighted by Crippen LogP contribution is -2.27. The van der Waals surface area contributed by atoms with E-state index in [1.165, 1.54) is 12.0 Å². The molecule has 5 nitrogen and oxygen atoms in total. The molecular weight excluding hydrogens is 222 g/mol. The third kappa shape index (κ3) is 3.79. The number of likely N-dealkylation sites (N-methyl/N-ethyl adjacent to an activating group) is 1. The van der Waals surface area contributed by atoms with Gasteiger partial charge >= 0.3 is 5.97 Å². The molecule has 0 spiro atoms. The van der Waals surface area contributed by atoms with Crippen molar-refractivity contribution in [3.63, 3.8) is 0 Å². The fourth-order valence-corrected chi connectivity index (χ4v) is 1.09. The van der Waals surface area contributed by atoms with Crippen molar-refractivity contribution in [2.45, 2.75) is 0 Å². The molecular formula is C12H15NO4. The number of rotatable bonds is 4. The Bertz CT molecular complexity index is 415. The molecule has 0 atom stereocenters. The van der Waals surface area contributed by atoms with Crippen molar-refractivity contribution in [2.24, 2.45) is 0 Å². The second-order valence-electron chi connectivity index (χ2n) is 3.60. The first-order valence-corrected chi connectivity index (χ1v) is 5.06. The van der Waals surface area contributed by atoms with Crippen LogP contribution in [0, 0.1) is 0 Å². The van der Waals surface area contributed by atoms with Gasteiger partial charge < -0.3 is 14.4 Å². The molecule has 1 amide bonds. The van der Waals surface area contributed by atoms with E-state index in [-0.39, 0.29) is 12.5 Å². The van der Waals surface area contributed by atoms with Crippen molar-refractivity contribution < 1.29 is 19.1 Å². The number of benzene rings is 1. The molecule has 0 aliphatic heterocycles. The summed E-state index contributed by atoms with van der Waals surface area (Å²) in [5.41, 5.74) is 0.357. The second-order valence-corrected chi connectivity index (χ2v) is 3.60. The molecule has 0 N–H and O–H groups in total. The van der Waals surface area contributed by atoms with Crippen LogP contribution in [0.2, 0.25) is 0 Å². The van der Waals surface area contributed by atoms with Crippen LogP contribution < -0.4 is 4.74 Å².